The standard InChI is InChI=1S/C21H20N6OS/c1-13-17(14(2)27-20(23-13)25-21(26-27)29-3)11-19(28)24-18-10-9-16(12-22-18)15-7-5-4-6-8-15/h4-10,12H,11H2,1-3H3,(H,22,24,28). The molecule has 0 spiro atoms. The Morgan fingerprint density at radius 1 is 1.07 bits per heavy atom. The highest BCUT2D eigenvalue weighted by atomic mass is 32.2. The zero-order valence-corrected chi connectivity index (χ0v) is 17.2. The number of fused-ring (bicyclic) bond motifs is 1. The van der Waals surface area contributed by atoms with Crippen molar-refractivity contribution in [3.63, 3.8) is 0 Å². The van der Waals surface area contributed by atoms with Crippen molar-refractivity contribution >= 4 is 29.3 Å². The van der Waals surface area contributed by atoms with Gasteiger partial charge in [0.1, 0.15) is 5.82 Å². The molecule has 3 aromatic heterocycles. The molecular formula is C21H20N6OS. The SMILES string of the molecule is CSc1nc2nc(C)c(CC(=O)Nc3ccc(-c4ccccc4)cn3)c(C)n2n1. The fraction of sp³-hybridized carbons (Fsp3) is 0.190. The van der Waals surface area contributed by atoms with Crippen LogP contribution in [0.4, 0.5) is 5.82 Å². The van der Waals surface area contributed by atoms with Gasteiger partial charge in [-0.25, -0.2) is 14.5 Å². The van der Waals surface area contributed by atoms with Crippen LogP contribution in [-0.2, 0) is 11.2 Å². The van der Waals surface area contributed by atoms with Gasteiger partial charge in [0.2, 0.25) is 11.1 Å². The minimum Gasteiger partial charge on any atom is -0.310 e. The number of anilines is 1. The third-order valence-electron chi connectivity index (χ3n) is 4.69. The van der Waals surface area contributed by atoms with Gasteiger partial charge in [-0.3, -0.25) is 4.79 Å². The first kappa shape index (κ1) is 19.1. The summed E-state index contributed by atoms with van der Waals surface area (Å²) in [5.41, 5.74) is 4.57. The number of carbonyl (C=O) groups is 1. The summed E-state index contributed by atoms with van der Waals surface area (Å²) in [5, 5.41) is 7.94. The quantitative estimate of drug-likeness (QED) is 0.511. The number of nitrogens with zero attached hydrogens (tertiary/aromatic N) is 5. The molecule has 4 aromatic rings. The number of benzene rings is 1. The number of aromatic nitrogens is 5. The predicted molar refractivity (Wildman–Crippen MR) is 114 cm³/mol. The lowest BCUT2D eigenvalue weighted by Gasteiger charge is -2.10. The number of thioether (sulfide) groups is 1. The second-order valence-corrected chi connectivity index (χ2v) is 7.37. The van der Waals surface area contributed by atoms with Crippen LogP contribution in [0.15, 0.2) is 53.8 Å². The maximum atomic E-state index is 12.6. The molecule has 0 bridgehead atoms. The Labute approximate surface area is 172 Å². The number of rotatable bonds is 5. The molecule has 0 unspecified atom stereocenters. The molecule has 0 aliphatic carbocycles. The van der Waals surface area contributed by atoms with Crippen molar-refractivity contribution in [3.8, 4) is 11.1 Å². The van der Waals surface area contributed by atoms with Crippen LogP contribution in [0.3, 0.4) is 0 Å². The first-order valence-electron chi connectivity index (χ1n) is 9.13. The number of pyridine rings is 1. The molecule has 0 saturated heterocycles. The molecule has 146 valence electrons. The van der Waals surface area contributed by atoms with Gasteiger partial charge in [0.05, 0.1) is 6.42 Å². The molecule has 0 atom stereocenters. The van der Waals surface area contributed by atoms with Crippen LogP contribution in [0.5, 0.6) is 0 Å². The van der Waals surface area contributed by atoms with Crippen LogP contribution in [0.1, 0.15) is 17.0 Å². The summed E-state index contributed by atoms with van der Waals surface area (Å²) in [6.45, 7) is 3.81. The van der Waals surface area contributed by atoms with Crippen molar-refractivity contribution in [2.45, 2.75) is 25.4 Å². The maximum absolute atomic E-state index is 12.6. The van der Waals surface area contributed by atoms with E-state index in [1.165, 1.54) is 11.8 Å². The lowest BCUT2D eigenvalue weighted by atomic mass is 10.1. The summed E-state index contributed by atoms with van der Waals surface area (Å²) < 4.78 is 1.69. The Morgan fingerprint density at radius 3 is 2.55 bits per heavy atom. The van der Waals surface area contributed by atoms with E-state index in [9.17, 15) is 4.79 Å². The largest absolute Gasteiger partial charge is 0.310 e. The average Bonchev–Trinajstić information content (AvgIpc) is 3.15. The summed E-state index contributed by atoms with van der Waals surface area (Å²) in [4.78, 5) is 25.8. The molecule has 0 aliphatic heterocycles. The van der Waals surface area contributed by atoms with Crippen LogP contribution in [-0.4, -0.2) is 36.7 Å². The minimum absolute atomic E-state index is 0.150. The minimum atomic E-state index is -0.150. The molecule has 29 heavy (non-hydrogen) atoms. The van der Waals surface area contributed by atoms with Gasteiger partial charge in [0.25, 0.3) is 5.78 Å². The Bertz CT molecular complexity index is 1170. The Hall–Kier alpha value is -3.26. The van der Waals surface area contributed by atoms with Crippen molar-refractivity contribution in [2.75, 3.05) is 11.6 Å². The van der Waals surface area contributed by atoms with Gasteiger partial charge in [-0.05, 0) is 37.8 Å². The normalized spacial score (nSPS) is 11.0. The van der Waals surface area contributed by atoms with Gasteiger partial charge in [-0.1, -0.05) is 42.1 Å². The predicted octanol–water partition coefficient (Wildman–Crippen LogP) is 3.71. The number of amides is 1. The van der Waals surface area contributed by atoms with Crippen molar-refractivity contribution in [1.82, 2.24) is 24.6 Å². The van der Waals surface area contributed by atoms with Gasteiger partial charge in [-0.2, -0.15) is 4.98 Å². The van der Waals surface area contributed by atoms with Crippen molar-refractivity contribution in [1.29, 1.82) is 0 Å². The molecule has 0 radical (unpaired) electrons. The van der Waals surface area contributed by atoms with E-state index in [2.05, 4.69) is 25.4 Å². The zero-order valence-electron chi connectivity index (χ0n) is 16.4. The van der Waals surface area contributed by atoms with Gasteiger partial charge in [0, 0.05) is 28.7 Å². The fourth-order valence-electron chi connectivity index (χ4n) is 3.15. The summed E-state index contributed by atoms with van der Waals surface area (Å²) in [6.07, 6.45) is 3.87. The first-order chi connectivity index (χ1) is 14.0. The van der Waals surface area contributed by atoms with Crippen LogP contribution in [0.25, 0.3) is 16.9 Å². The summed E-state index contributed by atoms with van der Waals surface area (Å²) in [7, 11) is 0. The molecule has 0 fully saturated rings. The lowest BCUT2D eigenvalue weighted by molar-refractivity contribution is -0.115. The number of aryl methyl sites for hydroxylation is 2. The zero-order chi connectivity index (χ0) is 20.4. The number of nitrogens with one attached hydrogen (secondary N) is 1. The van der Waals surface area contributed by atoms with E-state index in [4.69, 9.17) is 0 Å². The average molecular weight is 404 g/mol. The van der Waals surface area contributed by atoms with Gasteiger partial charge < -0.3 is 5.32 Å². The van der Waals surface area contributed by atoms with E-state index in [0.717, 1.165) is 28.1 Å². The van der Waals surface area contributed by atoms with Crippen LogP contribution in [0.2, 0.25) is 0 Å². The summed E-state index contributed by atoms with van der Waals surface area (Å²) in [5.74, 6) is 0.915. The van der Waals surface area contributed by atoms with Gasteiger partial charge in [0.15, 0.2) is 0 Å². The molecule has 4 rings (SSSR count). The highest BCUT2D eigenvalue weighted by Crippen LogP contribution is 2.20. The van der Waals surface area contributed by atoms with Gasteiger partial charge >= 0.3 is 0 Å². The van der Waals surface area contributed by atoms with Crippen LogP contribution >= 0.6 is 11.8 Å². The molecule has 1 N–H and O–H groups in total. The van der Waals surface area contributed by atoms with E-state index < -0.39 is 0 Å². The van der Waals surface area contributed by atoms with Crippen molar-refractivity contribution in [2.24, 2.45) is 0 Å². The van der Waals surface area contributed by atoms with Crippen LogP contribution < -0.4 is 5.32 Å². The molecule has 3 heterocycles. The monoisotopic (exact) mass is 404 g/mol. The lowest BCUT2D eigenvalue weighted by Crippen LogP contribution is -2.18. The highest BCUT2D eigenvalue weighted by molar-refractivity contribution is 7.98. The summed E-state index contributed by atoms with van der Waals surface area (Å²) in [6, 6.07) is 13.7. The van der Waals surface area contributed by atoms with E-state index in [-0.39, 0.29) is 12.3 Å². The molecule has 7 nitrogen and oxygen atoms in total. The molecule has 0 saturated carbocycles. The maximum Gasteiger partial charge on any atom is 0.253 e. The first-order valence-corrected chi connectivity index (χ1v) is 10.4. The van der Waals surface area contributed by atoms with E-state index in [1.54, 1.807) is 10.7 Å². The molecule has 0 aliphatic rings. The Kier molecular flexibility index (Phi) is 5.26. The second-order valence-electron chi connectivity index (χ2n) is 6.59. The van der Waals surface area contributed by atoms with Crippen LogP contribution in [0, 0.1) is 13.8 Å². The summed E-state index contributed by atoms with van der Waals surface area (Å²) >= 11 is 1.46. The topological polar surface area (TPSA) is 85.1 Å². The van der Waals surface area contributed by atoms with E-state index in [0.29, 0.717) is 16.8 Å². The third-order valence-corrected chi connectivity index (χ3v) is 5.23. The molecule has 8 heteroatoms. The Morgan fingerprint density at radius 2 is 1.86 bits per heavy atom. The molecule has 1 aromatic carbocycles. The molecular weight excluding hydrogens is 384 g/mol. The van der Waals surface area contributed by atoms with Crippen molar-refractivity contribution < 1.29 is 4.79 Å². The number of carbonyl (C=O) groups excluding carboxylic acids is 1. The smallest absolute Gasteiger partial charge is 0.253 e. The third kappa shape index (κ3) is 3.97. The highest BCUT2D eigenvalue weighted by Gasteiger charge is 2.16. The Balaban J connectivity index is 1.51. The fourth-order valence-corrected chi connectivity index (χ4v) is 3.49. The number of hydrogen-bond acceptors (Lipinski definition) is 6. The number of hydrogen-bond donors (Lipinski definition) is 1. The van der Waals surface area contributed by atoms with Crippen molar-refractivity contribution in [3.05, 3.63) is 65.6 Å². The van der Waals surface area contributed by atoms with E-state index in [1.807, 2.05) is 62.6 Å². The van der Waals surface area contributed by atoms with E-state index >= 15 is 0 Å². The van der Waals surface area contributed by atoms with Gasteiger partial charge in [-0.15, -0.1) is 5.10 Å². The molecule has 1 amide bonds. The second kappa shape index (κ2) is 8.00.